The van der Waals surface area contributed by atoms with Gasteiger partial charge in [-0.3, -0.25) is 37.3 Å². The summed E-state index contributed by atoms with van der Waals surface area (Å²) in [5.74, 6) is -2.11. The van der Waals surface area contributed by atoms with E-state index in [-0.39, 0.29) is 25.7 Å². The Labute approximate surface area is 594 Å². The van der Waals surface area contributed by atoms with E-state index in [2.05, 4.69) is 27.7 Å². The molecule has 0 aliphatic carbocycles. The van der Waals surface area contributed by atoms with Crippen LogP contribution in [0.5, 0.6) is 0 Å². The fourth-order valence-corrected chi connectivity index (χ4v) is 13.7. The Hall–Kier alpha value is -1.94. The molecule has 0 aliphatic rings. The molecule has 97 heavy (non-hydrogen) atoms. The molecule has 3 unspecified atom stereocenters. The summed E-state index contributed by atoms with van der Waals surface area (Å²) in [5, 5.41) is 10.6. The van der Waals surface area contributed by atoms with Gasteiger partial charge in [0.05, 0.1) is 26.4 Å². The van der Waals surface area contributed by atoms with Crippen molar-refractivity contribution < 1.29 is 80.2 Å². The molecule has 0 radical (unpaired) electrons. The van der Waals surface area contributed by atoms with Crippen molar-refractivity contribution in [2.45, 2.75) is 438 Å². The van der Waals surface area contributed by atoms with E-state index in [0.717, 1.165) is 89.9 Å². The van der Waals surface area contributed by atoms with Crippen LogP contribution in [0.15, 0.2) is 0 Å². The fourth-order valence-electron chi connectivity index (χ4n) is 12.1. The van der Waals surface area contributed by atoms with E-state index in [1.807, 2.05) is 0 Å². The van der Waals surface area contributed by atoms with Gasteiger partial charge in [0.15, 0.2) is 12.2 Å². The molecule has 0 aliphatic heterocycles. The highest BCUT2D eigenvalue weighted by Gasteiger charge is 2.30. The lowest BCUT2D eigenvalue weighted by Crippen LogP contribution is -2.30. The van der Waals surface area contributed by atoms with Crippen LogP contribution in [0.25, 0.3) is 0 Å². The predicted molar refractivity (Wildman–Crippen MR) is 395 cm³/mol. The number of phosphoric ester groups is 2. The minimum atomic E-state index is -4.96. The summed E-state index contributed by atoms with van der Waals surface area (Å²) in [4.78, 5) is 72.9. The monoisotopic (exact) mass is 1420 g/mol. The van der Waals surface area contributed by atoms with Crippen LogP contribution in [0.2, 0.25) is 0 Å². The van der Waals surface area contributed by atoms with Gasteiger partial charge in [-0.05, 0) is 25.7 Å². The lowest BCUT2D eigenvalue weighted by molar-refractivity contribution is -0.161. The van der Waals surface area contributed by atoms with Gasteiger partial charge in [0.25, 0.3) is 0 Å². The Morgan fingerprint density at radius 3 is 0.608 bits per heavy atom. The summed E-state index contributed by atoms with van der Waals surface area (Å²) in [6.07, 6.45) is 63.7. The van der Waals surface area contributed by atoms with Gasteiger partial charge in [-0.25, -0.2) is 9.13 Å². The van der Waals surface area contributed by atoms with Crippen LogP contribution in [0.1, 0.15) is 419 Å². The second kappa shape index (κ2) is 72.4. The van der Waals surface area contributed by atoms with Crippen molar-refractivity contribution in [1.82, 2.24) is 0 Å². The highest BCUT2D eigenvalue weighted by atomic mass is 31.2. The molecule has 0 heterocycles. The minimum Gasteiger partial charge on any atom is -0.462 e. The van der Waals surface area contributed by atoms with Crippen LogP contribution in [-0.2, 0) is 65.4 Å². The molecular weight excluding hydrogens is 1270 g/mol. The number of phosphoric acid groups is 2. The van der Waals surface area contributed by atoms with Crippen molar-refractivity contribution in [3.05, 3.63) is 0 Å². The van der Waals surface area contributed by atoms with Crippen LogP contribution in [-0.4, -0.2) is 96.7 Å². The molecule has 17 nitrogen and oxygen atoms in total. The summed E-state index contributed by atoms with van der Waals surface area (Å²) in [7, 11) is -9.91. The largest absolute Gasteiger partial charge is 0.472 e. The van der Waals surface area contributed by atoms with E-state index in [4.69, 9.17) is 37.0 Å². The minimum absolute atomic E-state index is 0.108. The van der Waals surface area contributed by atoms with Gasteiger partial charge in [0, 0.05) is 25.7 Å². The molecule has 0 aromatic rings. The number of aliphatic hydroxyl groups excluding tert-OH is 1. The molecule has 576 valence electrons. The maximum absolute atomic E-state index is 13.1. The number of ether oxygens (including phenoxy) is 4. The van der Waals surface area contributed by atoms with E-state index in [1.165, 1.54) is 250 Å². The zero-order chi connectivity index (χ0) is 71.1. The number of hydrogen-bond acceptors (Lipinski definition) is 15. The lowest BCUT2D eigenvalue weighted by Gasteiger charge is -2.21. The van der Waals surface area contributed by atoms with Crippen LogP contribution >= 0.6 is 15.6 Å². The molecule has 5 atom stereocenters. The number of hydrogen-bond donors (Lipinski definition) is 3. The number of rotatable bonds is 79. The summed E-state index contributed by atoms with van der Waals surface area (Å²) < 4.78 is 68.6. The second-order valence-electron chi connectivity index (χ2n) is 28.1. The third-order valence-electron chi connectivity index (χ3n) is 18.4. The van der Waals surface area contributed by atoms with Gasteiger partial charge >= 0.3 is 39.5 Å². The predicted octanol–water partition coefficient (Wildman–Crippen LogP) is 23.4. The van der Waals surface area contributed by atoms with Crippen LogP contribution in [0.4, 0.5) is 0 Å². The maximum Gasteiger partial charge on any atom is 0.472 e. The molecule has 0 spiro atoms. The SMILES string of the molecule is CCCCCCCCCCCCCCCCCCCCCC(=O)O[C@H](COC(=O)CCCCCCCCCCCCCCCCC)COP(=O)(O)OCC(O)COP(=O)(O)OC[C@@H](COC(=O)CCCCCCCCCCCCC)OC(=O)CCCCCCCCCCCCCC. The molecule has 0 rings (SSSR count). The lowest BCUT2D eigenvalue weighted by atomic mass is 10.0. The third kappa shape index (κ3) is 72.2. The second-order valence-corrected chi connectivity index (χ2v) is 31.0. The van der Waals surface area contributed by atoms with Crippen LogP contribution in [0.3, 0.4) is 0 Å². The Bertz CT molecular complexity index is 1840. The third-order valence-corrected chi connectivity index (χ3v) is 20.3. The summed E-state index contributed by atoms with van der Waals surface area (Å²) in [5.41, 5.74) is 0. The van der Waals surface area contributed by atoms with Crippen LogP contribution in [0, 0.1) is 0 Å². The highest BCUT2D eigenvalue weighted by molar-refractivity contribution is 7.47. The van der Waals surface area contributed by atoms with Crippen molar-refractivity contribution in [1.29, 1.82) is 0 Å². The van der Waals surface area contributed by atoms with E-state index in [1.54, 1.807) is 0 Å². The Morgan fingerprint density at radius 1 is 0.247 bits per heavy atom. The standard InChI is InChI=1S/C78H152O17P2/c1-5-9-13-17-21-25-29-32-34-35-36-37-39-41-45-49-53-57-61-65-78(83)95-74(69-89-76(81)63-59-55-51-47-44-40-38-33-30-26-22-18-14-10-6-2)71-93-97(86,87)91-67-72(79)66-90-96(84,85)92-70-73(68-88-75(80)62-58-54-50-46-42-28-24-20-16-12-8-4)94-77(82)64-60-56-52-48-43-31-27-23-19-15-11-7-3/h72-74,79H,5-71H2,1-4H3,(H,84,85)(H,86,87)/t72?,73-,74-/m1/s1. The van der Waals surface area contributed by atoms with Crippen molar-refractivity contribution >= 4 is 39.5 Å². The molecule has 0 fully saturated rings. The molecule has 3 N–H and O–H groups in total. The zero-order valence-electron chi connectivity index (χ0n) is 63.1. The van der Waals surface area contributed by atoms with Crippen molar-refractivity contribution in [3.8, 4) is 0 Å². The highest BCUT2D eigenvalue weighted by Crippen LogP contribution is 2.45. The van der Waals surface area contributed by atoms with E-state index >= 15 is 0 Å². The molecule has 0 aromatic heterocycles. The average Bonchev–Trinajstić information content (AvgIpc) is 1.35. The number of aliphatic hydroxyl groups is 1. The number of unbranched alkanes of at least 4 members (excludes halogenated alkanes) is 53. The Balaban J connectivity index is 5.23. The molecule has 0 saturated heterocycles. The number of carbonyl (C=O) groups excluding carboxylic acids is 4. The Morgan fingerprint density at radius 2 is 0.412 bits per heavy atom. The van der Waals surface area contributed by atoms with Crippen molar-refractivity contribution in [2.24, 2.45) is 0 Å². The molecule has 0 aromatic carbocycles. The van der Waals surface area contributed by atoms with Gasteiger partial charge in [0.1, 0.15) is 19.3 Å². The summed E-state index contributed by atoms with van der Waals surface area (Å²) in [6.45, 7) is 5.01. The van der Waals surface area contributed by atoms with Gasteiger partial charge in [-0.2, -0.15) is 0 Å². The van der Waals surface area contributed by atoms with Gasteiger partial charge in [0.2, 0.25) is 0 Å². The fraction of sp³-hybridized carbons (Fsp3) is 0.949. The quantitative estimate of drug-likeness (QED) is 0.0222. The molecule has 19 heteroatoms. The van der Waals surface area contributed by atoms with Gasteiger partial charge in [-0.1, -0.05) is 368 Å². The molecule has 0 saturated carbocycles. The van der Waals surface area contributed by atoms with E-state index in [9.17, 15) is 43.2 Å². The van der Waals surface area contributed by atoms with E-state index < -0.39 is 97.5 Å². The number of carbonyl (C=O) groups is 4. The first kappa shape index (κ1) is 95.1. The topological polar surface area (TPSA) is 237 Å². The molecular formula is C78H152O17P2. The molecule has 0 bridgehead atoms. The summed E-state index contributed by atoms with van der Waals surface area (Å²) >= 11 is 0. The Kier molecular flexibility index (Phi) is 71.0. The van der Waals surface area contributed by atoms with Crippen LogP contribution < -0.4 is 0 Å². The summed E-state index contributed by atoms with van der Waals surface area (Å²) in [6, 6.07) is 0. The van der Waals surface area contributed by atoms with E-state index in [0.29, 0.717) is 25.7 Å². The first-order valence-electron chi connectivity index (χ1n) is 40.8. The van der Waals surface area contributed by atoms with Gasteiger partial charge < -0.3 is 33.8 Å². The molecule has 0 amide bonds. The smallest absolute Gasteiger partial charge is 0.462 e. The zero-order valence-corrected chi connectivity index (χ0v) is 64.8. The average molecular weight is 1420 g/mol. The van der Waals surface area contributed by atoms with Crippen molar-refractivity contribution in [3.63, 3.8) is 0 Å². The normalized spacial score (nSPS) is 13.8. The maximum atomic E-state index is 13.1. The first-order valence-corrected chi connectivity index (χ1v) is 43.8. The first-order chi connectivity index (χ1) is 47.2. The number of esters is 4. The van der Waals surface area contributed by atoms with Crippen molar-refractivity contribution in [2.75, 3.05) is 39.6 Å². The van der Waals surface area contributed by atoms with Gasteiger partial charge in [-0.15, -0.1) is 0 Å².